The van der Waals surface area contributed by atoms with Crippen molar-refractivity contribution in [2.45, 2.75) is 25.5 Å². The van der Waals surface area contributed by atoms with E-state index in [4.69, 9.17) is 26.3 Å². The molecule has 190 valence electrons. The Morgan fingerprint density at radius 2 is 1.65 bits per heavy atom. The monoisotopic (exact) mass is 523 g/mol. The fourth-order valence-corrected chi connectivity index (χ4v) is 3.52. The molecular weight excluding hydrogens is 501 g/mol. The van der Waals surface area contributed by atoms with Crippen molar-refractivity contribution in [3.63, 3.8) is 0 Å². The Morgan fingerprint density at radius 3 is 2.32 bits per heavy atom. The minimum absolute atomic E-state index is 0.0895. The zero-order valence-corrected chi connectivity index (χ0v) is 20.3. The molecule has 0 aromatic heterocycles. The third-order valence-corrected chi connectivity index (χ3v) is 5.31. The van der Waals surface area contributed by atoms with Crippen molar-refractivity contribution in [2.24, 2.45) is 0 Å². The molecule has 0 radical (unpaired) electrons. The zero-order chi connectivity index (χ0) is 26.6. The van der Waals surface area contributed by atoms with Gasteiger partial charge in [-0.1, -0.05) is 48.0 Å². The van der Waals surface area contributed by atoms with Crippen LogP contribution in [0.15, 0.2) is 72.8 Å². The molecule has 0 aliphatic carbocycles. The Morgan fingerprint density at radius 1 is 0.946 bits per heavy atom. The smallest absolute Gasteiger partial charge is 0.408 e. The van der Waals surface area contributed by atoms with Crippen LogP contribution in [0.3, 0.4) is 0 Å². The van der Waals surface area contributed by atoms with Crippen LogP contribution in [0.2, 0.25) is 5.02 Å². The minimum Gasteiger partial charge on any atom is -0.449 e. The molecule has 0 saturated heterocycles. The van der Waals surface area contributed by atoms with Crippen LogP contribution in [0.5, 0.6) is 0 Å². The highest BCUT2D eigenvalue weighted by molar-refractivity contribution is 6.30. The summed E-state index contributed by atoms with van der Waals surface area (Å²) in [5.74, 6) is -1.41. The molecule has 1 atom stereocenters. The number of nitrogens with zero attached hydrogens (tertiary/aromatic N) is 1. The lowest BCUT2D eigenvalue weighted by atomic mass is 10.1. The molecule has 0 heterocycles. The number of hydrogen-bond acceptors (Lipinski definition) is 6. The molecule has 8 nitrogen and oxygen atoms in total. The van der Waals surface area contributed by atoms with Gasteiger partial charge in [-0.15, -0.1) is 0 Å². The summed E-state index contributed by atoms with van der Waals surface area (Å²) in [7, 11) is 0. The number of hydrogen-bond donors (Lipinski definition) is 2. The Bertz CT molecular complexity index is 1280. The van der Waals surface area contributed by atoms with Gasteiger partial charge in [0, 0.05) is 17.1 Å². The van der Waals surface area contributed by atoms with E-state index in [1.165, 1.54) is 12.1 Å². The van der Waals surface area contributed by atoms with Gasteiger partial charge < -0.3 is 20.1 Å². The minimum atomic E-state index is -1.09. The number of rotatable bonds is 10. The molecule has 0 fully saturated rings. The van der Waals surface area contributed by atoms with E-state index in [2.05, 4.69) is 10.6 Å². The van der Waals surface area contributed by atoms with E-state index in [1.54, 1.807) is 66.7 Å². The highest BCUT2D eigenvalue weighted by Gasteiger charge is 2.24. The number of carbonyl (C=O) groups is 3. The van der Waals surface area contributed by atoms with Crippen LogP contribution in [0, 0.1) is 17.1 Å². The molecular formula is C27H23ClFN3O5. The van der Waals surface area contributed by atoms with Crippen molar-refractivity contribution in [1.29, 1.82) is 5.26 Å². The first kappa shape index (κ1) is 27.2. The van der Waals surface area contributed by atoms with Crippen molar-refractivity contribution in [3.8, 4) is 6.07 Å². The normalized spacial score (nSPS) is 11.1. The van der Waals surface area contributed by atoms with Gasteiger partial charge in [0.25, 0.3) is 0 Å². The van der Waals surface area contributed by atoms with Gasteiger partial charge in [0.1, 0.15) is 24.5 Å². The average molecular weight is 524 g/mol. The summed E-state index contributed by atoms with van der Waals surface area (Å²) < 4.78 is 23.1. The average Bonchev–Trinajstić information content (AvgIpc) is 2.88. The van der Waals surface area contributed by atoms with Crippen molar-refractivity contribution < 1.29 is 28.2 Å². The van der Waals surface area contributed by atoms with Crippen LogP contribution in [-0.2, 0) is 38.5 Å². The lowest BCUT2D eigenvalue weighted by molar-refractivity contribution is -0.144. The van der Waals surface area contributed by atoms with E-state index >= 15 is 0 Å². The number of nitriles is 1. The second-order valence-corrected chi connectivity index (χ2v) is 8.36. The second-order valence-electron chi connectivity index (χ2n) is 7.92. The summed E-state index contributed by atoms with van der Waals surface area (Å²) >= 11 is 5.99. The lowest BCUT2D eigenvalue weighted by Crippen LogP contribution is -2.43. The maximum absolute atomic E-state index is 13.0. The number of esters is 1. The summed E-state index contributed by atoms with van der Waals surface area (Å²) in [6.07, 6.45) is -0.664. The molecule has 2 N–H and O–H groups in total. The molecule has 3 rings (SSSR count). The second kappa shape index (κ2) is 13.6. The molecule has 0 aliphatic rings. The van der Waals surface area contributed by atoms with E-state index in [0.29, 0.717) is 27.4 Å². The fourth-order valence-electron chi connectivity index (χ4n) is 3.31. The summed E-state index contributed by atoms with van der Waals surface area (Å²) in [6, 6.07) is 19.7. The quantitative estimate of drug-likeness (QED) is 0.376. The summed E-state index contributed by atoms with van der Waals surface area (Å²) in [4.78, 5) is 36.9. The maximum Gasteiger partial charge on any atom is 0.408 e. The van der Waals surface area contributed by atoms with Gasteiger partial charge in [0.15, 0.2) is 6.61 Å². The summed E-state index contributed by atoms with van der Waals surface area (Å²) in [5.41, 5.74) is 2.55. The molecule has 0 spiro atoms. The third kappa shape index (κ3) is 9.28. The lowest BCUT2D eigenvalue weighted by Gasteiger charge is -2.17. The number of ether oxygens (including phenoxy) is 2. The van der Waals surface area contributed by atoms with Crippen LogP contribution in [-0.4, -0.2) is 30.6 Å². The Labute approximate surface area is 218 Å². The molecule has 2 amide bonds. The van der Waals surface area contributed by atoms with E-state index < -0.39 is 24.7 Å². The third-order valence-electron chi connectivity index (χ3n) is 5.07. The predicted molar refractivity (Wildman–Crippen MR) is 134 cm³/mol. The molecule has 3 aromatic carbocycles. The molecule has 0 unspecified atom stereocenters. The Hall–Kier alpha value is -4.42. The Kier molecular flexibility index (Phi) is 10.00. The van der Waals surface area contributed by atoms with Gasteiger partial charge in [-0.05, 0) is 53.1 Å². The van der Waals surface area contributed by atoms with Crippen molar-refractivity contribution in [2.75, 3.05) is 11.9 Å². The van der Waals surface area contributed by atoms with Gasteiger partial charge in [-0.25, -0.2) is 14.0 Å². The van der Waals surface area contributed by atoms with Gasteiger partial charge in [-0.3, -0.25) is 4.79 Å². The number of anilines is 1. The van der Waals surface area contributed by atoms with Crippen molar-refractivity contribution >= 4 is 35.3 Å². The van der Waals surface area contributed by atoms with Gasteiger partial charge in [0.2, 0.25) is 5.91 Å². The van der Waals surface area contributed by atoms with E-state index in [-0.39, 0.29) is 31.2 Å². The SMILES string of the molecule is N#CCOC(=O)[C@H](Cc1cccc(Cl)c1)NC(=O)OCc1ccc(NC(=O)Cc2ccc(F)cc2)cc1. The molecule has 0 bridgehead atoms. The number of carbonyl (C=O) groups excluding carboxylic acids is 3. The summed E-state index contributed by atoms with van der Waals surface area (Å²) in [6.45, 7) is -0.541. The largest absolute Gasteiger partial charge is 0.449 e. The van der Waals surface area contributed by atoms with Crippen LogP contribution in [0.25, 0.3) is 0 Å². The first-order chi connectivity index (χ1) is 17.8. The summed E-state index contributed by atoms with van der Waals surface area (Å²) in [5, 5.41) is 14.3. The molecule has 10 heteroatoms. The highest BCUT2D eigenvalue weighted by Crippen LogP contribution is 2.14. The Balaban J connectivity index is 1.51. The highest BCUT2D eigenvalue weighted by atomic mass is 35.5. The van der Waals surface area contributed by atoms with Crippen LogP contribution >= 0.6 is 11.6 Å². The topological polar surface area (TPSA) is 118 Å². The van der Waals surface area contributed by atoms with Crippen LogP contribution in [0.1, 0.15) is 16.7 Å². The van der Waals surface area contributed by atoms with Crippen molar-refractivity contribution in [1.82, 2.24) is 5.32 Å². The number of nitrogens with one attached hydrogen (secondary N) is 2. The van der Waals surface area contributed by atoms with Crippen LogP contribution < -0.4 is 10.6 Å². The zero-order valence-electron chi connectivity index (χ0n) is 19.6. The first-order valence-electron chi connectivity index (χ1n) is 11.2. The van der Waals surface area contributed by atoms with Crippen molar-refractivity contribution in [3.05, 3.63) is 100 Å². The molecule has 0 aliphatic heterocycles. The van der Waals surface area contributed by atoms with E-state index in [0.717, 1.165) is 0 Å². The molecule has 0 saturated carbocycles. The van der Waals surface area contributed by atoms with E-state index in [1.807, 2.05) is 0 Å². The fraction of sp³-hybridized carbons (Fsp3) is 0.185. The van der Waals surface area contributed by atoms with E-state index in [9.17, 15) is 18.8 Å². The van der Waals surface area contributed by atoms with Crippen LogP contribution in [0.4, 0.5) is 14.9 Å². The number of halogens is 2. The number of alkyl carbamates (subject to hydrolysis) is 1. The number of amides is 2. The molecule has 3 aromatic rings. The standard InChI is InChI=1S/C27H23ClFN3O5/c28-21-3-1-2-20(14-21)15-24(26(34)36-13-12-30)32-27(35)37-17-19-6-10-23(11-7-19)31-25(33)16-18-4-8-22(29)9-5-18/h1-11,14,24H,13,15-17H2,(H,31,33)(H,32,35)/t24-/m0/s1. The van der Waals surface area contributed by atoms with Gasteiger partial charge >= 0.3 is 12.1 Å². The molecule has 37 heavy (non-hydrogen) atoms. The maximum atomic E-state index is 13.0. The number of benzene rings is 3. The first-order valence-corrected chi connectivity index (χ1v) is 11.5. The predicted octanol–water partition coefficient (Wildman–Crippen LogP) is 4.56. The van der Waals surface area contributed by atoms with Gasteiger partial charge in [-0.2, -0.15) is 5.26 Å². The van der Waals surface area contributed by atoms with Gasteiger partial charge in [0.05, 0.1) is 6.42 Å².